The summed E-state index contributed by atoms with van der Waals surface area (Å²) in [6.07, 6.45) is 3.23. The van der Waals surface area contributed by atoms with Crippen molar-refractivity contribution in [2.45, 2.75) is 19.4 Å². The minimum Gasteiger partial charge on any atom is -0.389 e. The second-order valence-electron chi connectivity index (χ2n) is 4.16. The van der Waals surface area contributed by atoms with Gasteiger partial charge < -0.3 is 10.6 Å². The largest absolute Gasteiger partial charge is 0.389 e. The van der Waals surface area contributed by atoms with Crippen molar-refractivity contribution in [1.82, 2.24) is 0 Å². The van der Waals surface area contributed by atoms with Crippen LogP contribution in [-0.2, 0) is 0 Å². The molecule has 0 fully saturated rings. The molecule has 2 nitrogen and oxygen atoms in total. The maximum atomic E-state index is 6.19. The Morgan fingerprint density at radius 2 is 2.22 bits per heavy atom. The number of thiocarbonyl (C=S) groups is 1. The van der Waals surface area contributed by atoms with Gasteiger partial charge in [-0.3, -0.25) is 0 Å². The second kappa shape index (κ2) is 7.22. The van der Waals surface area contributed by atoms with Gasteiger partial charge in [0.1, 0.15) is 4.99 Å². The van der Waals surface area contributed by atoms with Gasteiger partial charge in [-0.05, 0) is 30.9 Å². The molecule has 1 rings (SSSR count). The Labute approximate surface area is 124 Å². The quantitative estimate of drug-likeness (QED) is 0.814. The van der Waals surface area contributed by atoms with Gasteiger partial charge >= 0.3 is 0 Å². The second-order valence-corrected chi connectivity index (χ2v) is 5.91. The summed E-state index contributed by atoms with van der Waals surface area (Å²) in [6.45, 7) is 2.20. The zero-order valence-corrected chi connectivity index (χ0v) is 13.3. The fraction of sp³-hybridized carbons (Fsp3) is 0.462. The summed E-state index contributed by atoms with van der Waals surface area (Å²) in [5.74, 6) is 1.10. The number of hydrogen-bond donors (Lipinski definition) is 1. The molecule has 18 heavy (non-hydrogen) atoms. The smallest absolute Gasteiger partial charge is 0.105 e. The van der Waals surface area contributed by atoms with Crippen LogP contribution in [0.25, 0.3) is 0 Å². The normalized spacial score (nSPS) is 12.2. The molecule has 0 spiro atoms. The lowest BCUT2D eigenvalue weighted by Crippen LogP contribution is -2.33. The van der Waals surface area contributed by atoms with E-state index >= 15 is 0 Å². The summed E-state index contributed by atoms with van der Waals surface area (Å²) in [4.78, 5) is 2.59. The molecule has 2 N–H and O–H groups in total. The van der Waals surface area contributed by atoms with Gasteiger partial charge in [0.05, 0.1) is 5.02 Å². The molecule has 0 aliphatic rings. The van der Waals surface area contributed by atoms with Crippen LogP contribution in [0.3, 0.4) is 0 Å². The molecule has 1 atom stereocenters. The number of thioether (sulfide) groups is 1. The SMILES string of the molecule is CCC(CSC)N(C)c1ccc(C(N)=S)c(Cl)c1. The van der Waals surface area contributed by atoms with Crippen LogP contribution >= 0.6 is 35.6 Å². The summed E-state index contributed by atoms with van der Waals surface area (Å²) in [5.41, 5.74) is 7.44. The molecule has 0 saturated heterocycles. The standard InChI is InChI=1S/C13H19ClN2S2/c1-4-9(8-18-3)16(2)10-5-6-11(13(15)17)12(14)7-10/h5-7,9H,4,8H2,1-3H3,(H2,15,17). The van der Waals surface area contributed by atoms with E-state index in [9.17, 15) is 0 Å². The van der Waals surface area contributed by atoms with Crippen molar-refractivity contribution in [1.29, 1.82) is 0 Å². The molecule has 1 unspecified atom stereocenters. The number of nitrogens with two attached hydrogens (primary N) is 1. The first-order valence-corrected chi connectivity index (χ1v) is 8.00. The van der Waals surface area contributed by atoms with E-state index in [0.717, 1.165) is 23.4 Å². The lowest BCUT2D eigenvalue weighted by Gasteiger charge is -2.29. The highest BCUT2D eigenvalue weighted by molar-refractivity contribution is 7.98. The zero-order valence-electron chi connectivity index (χ0n) is 10.9. The zero-order chi connectivity index (χ0) is 13.7. The van der Waals surface area contributed by atoms with E-state index in [0.29, 0.717) is 16.1 Å². The fourth-order valence-electron chi connectivity index (χ4n) is 1.83. The summed E-state index contributed by atoms with van der Waals surface area (Å²) in [7, 11) is 2.09. The van der Waals surface area contributed by atoms with Gasteiger partial charge in [-0.25, -0.2) is 0 Å². The number of anilines is 1. The Balaban J connectivity index is 2.96. The Morgan fingerprint density at radius 3 is 2.67 bits per heavy atom. The van der Waals surface area contributed by atoms with Crippen LogP contribution < -0.4 is 10.6 Å². The Hall–Kier alpha value is -0.450. The molecular formula is C13H19ClN2S2. The van der Waals surface area contributed by atoms with Crippen LogP contribution in [0.4, 0.5) is 5.69 Å². The molecule has 0 aliphatic carbocycles. The number of halogens is 1. The molecule has 1 aromatic carbocycles. The van der Waals surface area contributed by atoms with Crippen molar-refractivity contribution >= 4 is 46.3 Å². The van der Waals surface area contributed by atoms with E-state index in [-0.39, 0.29) is 0 Å². The minimum atomic E-state index is 0.338. The molecule has 5 heteroatoms. The van der Waals surface area contributed by atoms with Crippen LogP contribution in [-0.4, -0.2) is 30.1 Å². The fourth-order valence-corrected chi connectivity index (χ4v) is 3.18. The van der Waals surface area contributed by atoms with Gasteiger partial charge in [0, 0.05) is 30.1 Å². The van der Waals surface area contributed by atoms with E-state index in [1.165, 1.54) is 0 Å². The van der Waals surface area contributed by atoms with E-state index in [4.69, 9.17) is 29.6 Å². The van der Waals surface area contributed by atoms with E-state index in [1.807, 2.05) is 30.0 Å². The number of hydrogen-bond acceptors (Lipinski definition) is 3. The Morgan fingerprint density at radius 1 is 1.56 bits per heavy atom. The highest BCUT2D eigenvalue weighted by atomic mass is 35.5. The lowest BCUT2D eigenvalue weighted by molar-refractivity contribution is 0.673. The lowest BCUT2D eigenvalue weighted by atomic mass is 10.1. The first kappa shape index (κ1) is 15.6. The molecule has 1 aromatic rings. The molecule has 100 valence electrons. The van der Waals surface area contributed by atoms with Gasteiger partial charge in [-0.15, -0.1) is 0 Å². The molecule has 0 aliphatic heterocycles. The first-order chi connectivity index (χ1) is 8.51. The van der Waals surface area contributed by atoms with Crippen molar-refractivity contribution in [3.8, 4) is 0 Å². The van der Waals surface area contributed by atoms with Crippen molar-refractivity contribution in [3.05, 3.63) is 28.8 Å². The van der Waals surface area contributed by atoms with Crippen LogP contribution in [0.15, 0.2) is 18.2 Å². The number of rotatable bonds is 6. The number of nitrogens with zero attached hydrogens (tertiary/aromatic N) is 1. The van der Waals surface area contributed by atoms with Crippen molar-refractivity contribution < 1.29 is 0 Å². The Bertz CT molecular complexity index is 423. The highest BCUT2D eigenvalue weighted by Gasteiger charge is 2.14. The average molecular weight is 303 g/mol. The summed E-state index contributed by atoms with van der Waals surface area (Å²) < 4.78 is 0. The van der Waals surface area contributed by atoms with E-state index in [2.05, 4.69) is 25.1 Å². The van der Waals surface area contributed by atoms with Crippen LogP contribution in [0.5, 0.6) is 0 Å². The van der Waals surface area contributed by atoms with Gasteiger partial charge in [-0.1, -0.05) is 30.7 Å². The maximum Gasteiger partial charge on any atom is 0.105 e. The number of benzene rings is 1. The predicted molar refractivity (Wildman–Crippen MR) is 88.2 cm³/mol. The van der Waals surface area contributed by atoms with Crippen molar-refractivity contribution in [2.24, 2.45) is 5.73 Å². The molecule has 0 bridgehead atoms. The van der Waals surface area contributed by atoms with Crippen molar-refractivity contribution in [3.63, 3.8) is 0 Å². The van der Waals surface area contributed by atoms with Gasteiger partial charge in [0.15, 0.2) is 0 Å². The van der Waals surface area contributed by atoms with Crippen molar-refractivity contribution in [2.75, 3.05) is 24.0 Å². The monoisotopic (exact) mass is 302 g/mol. The Kier molecular flexibility index (Phi) is 6.26. The van der Waals surface area contributed by atoms with Gasteiger partial charge in [0.2, 0.25) is 0 Å². The molecule has 0 amide bonds. The molecule has 0 aromatic heterocycles. The summed E-state index contributed by atoms with van der Waals surface area (Å²) in [5, 5.41) is 0.617. The minimum absolute atomic E-state index is 0.338. The van der Waals surface area contributed by atoms with E-state index < -0.39 is 0 Å². The van der Waals surface area contributed by atoms with Crippen LogP contribution in [0.2, 0.25) is 5.02 Å². The van der Waals surface area contributed by atoms with E-state index in [1.54, 1.807) is 0 Å². The highest BCUT2D eigenvalue weighted by Crippen LogP contribution is 2.25. The molecular weight excluding hydrogens is 284 g/mol. The average Bonchev–Trinajstić information content (AvgIpc) is 2.34. The molecule has 0 saturated carbocycles. The third-order valence-electron chi connectivity index (χ3n) is 3.00. The topological polar surface area (TPSA) is 29.3 Å². The summed E-state index contributed by atoms with van der Waals surface area (Å²) in [6, 6.07) is 6.34. The molecule has 0 heterocycles. The van der Waals surface area contributed by atoms with Gasteiger partial charge in [-0.2, -0.15) is 11.8 Å². The predicted octanol–water partition coefficient (Wildman–Crippen LogP) is 3.55. The maximum absolute atomic E-state index is 6.19. The van der Waals surface area contributed by atoms with Crippen LogP contribution in [0.1, 0.15) is 18.9 Å². The third kappa shape index (κ3) is 3.77. The van der Waals surface area contributed by atoms with Gasteiger partial charge in [0.25, 0.3) is 0 Å². The first-order valence-electron chi connectivity index (χ1n) is 5.82. The molecule has 0 radical (unpaired) electrons. The summed E-state index contributed by atoms with van der Waals surface area (Å²) >= 11 is 13.0. The third-order valence-corrected chi connectivity index (χ3v) is 4.25. The van der Waals surface area contributed by atoms with Crippen LogP contribution in [0, 0.1) is 0 Å².